The molecule has 0 radical (unpaired) electrons. The van der Waals surface area contributed by atoms with Gasteiger partial charge in [0.25, 0.3) is 0 Å². The zero-order valence-corrected chi connectivity index (χ0v) is 6.83. The second-order valence-corrected chi connectivity index (χ2v) is 2.43. The minimum atomic E-state index is 0.371. The Hall–Kier alpha value is -1.82. The van der Waals surface area contributed by atoms with Gasteiger partial charge in [0.1, 0.15) is 6.33 Å². The van der Waals surface area contributed by atoms with Crippen molar-refractivity contribution in [2.45, 2.75) is 6.54 Å². The second-order valence-electron chi connectivity index (χ2n) is 2.43. The number of nitrogens with two attached hydrogens (primary N) is 1. The molecule has 2 N–H and O–H groups in total. The highest BCUT2D eigenvalue weighted by Crippen LogP contribution is 2.07. The topological polar surface area (TPSA) is 82.5 Å². The number of aromatic nitrogens is 5. The minimum absolute atomic E-state index is 0.371. The molecule has 0 fully saturated rings. The molecule has 2 heterocycles. The average molecular weight is 176 g/mol. The van der Waals surface area contributed by atoms with Crippen LogP contribution in [0.25, 0.3) is 5.69 Å². The first kappa shape index (κ1) is 7.81. The SMILES string of the molecule is NCc1ncccc1-n1cnnn1. The molecule has 6 nitrogen and oxygen atoms in total. The molecule has 66 valence electrons. The lowest BCUT2D eigenvalue weighted by Crippen LogP contribution is -2.07. The largest absolute Gasteiger partial charge is 0.325 e. The van der Waals surface area contributed by atoms with E-state index in [1.807, 2.05) is 12.1 Å². The molecule has 13 heavy (non-hydrogen) atoms. The lowest BCUT2D eigenvalue weighted by atomic mass is 10.3. The molecule has 0 aliphatic rings. The van der Waals surface area contributed by atoms with E-state index in [1.54, 1.807) is 6.20 Å². The molecule has 2 aromatic rings. The van der Waals surface area contributed by atoms with E-state index >= 15 is 0 Å². The Morgan fingerprint density at radius 3 is 3.08 bits per heavy atom. The van der Waals surface area contributed by atoms with Crippen LogP contribution in [-0.2, 0) is 6.54 Å². The van der Waals surface area contributed by atoms with Gasteiger partial charge in [-0.2, -0.15) is 4.68 Å². The third kappa shape index (κ3) is 1.38. The van der Waals surface area contributed by atoms with Crippen molar-refractivity contribution in [2.75, 3.05) is 0 Å². The number of nitrogens with zero attached hydrogens (tertiary/aromatic N) is 5. The van der Waals surface area contributed by atoms with Crippen LogP contribution in [0.5, 0.6) is 0 Å². The molecule has 0 saturated carbocycles. The summed E-state index contributed by atoms with van der Waals surface area (Å²) in [6.45, 7) is 0.371. The van der Waals surface area contributed by atoms with Crippen molar-refractivity contribution in [1.29, 1.82) is 0 Å². The van der Waals surface area contributed by atoms with E-state index in [0.717, 1.165) is 11.4 Å². The van der Waals surface area contributed by atoms with Gasteiger partial charge < -0.3 is 5.73 Å². The Morgan fingerprint density at radius 2 is 2.38 bits per heavy atom. The highest BCUT2D eigenvalue weighted by Gasteiger charge is 2.03. The highest BCUT2D eigenvalue weighted by atomic mass is 15.5. The molecule has 0 saturated heterocycles. The second kappa shape index (κ2) is 3.28. The van der Waals surface area contributed by atoms with Gasteiger partial charge in [-0.25, -0.2) is 0 Å². The van der Waals surface area contributed by atoms with Gasteiger partial charge in [-0.05, 0) is 22.6 Å². The van der Waals surface area contributed by atoms with E-state index in [4.69, 9.17) is 5.73 Å². The lowest BCUT2D eigenvalue weighted by Gasteiger charge is -2.03. The third-order valence-corrected chi connectivity index (χ3v) is 1.66. The predicted octanol–water partition coefficient (Wildman–Crippen LogP) is -0.484. The Kier molecular flexibility index (Phi) is 1.97. The molecule has 0 amide bonds. The molecular formula is C7H8N6. The van der Waals surface area contributed by atoms with E-state index in [9.17, 15) is 0 Å². The summed E-state index contributed by atoms with van der Waals surface area (Å²) in [5.74, 6) is 0. The van der Waals surface area contributed by atoms with Gasteiger partial charge in [0.2, 0.25) is 0 Å². The molecule has 6 heteroatoms. The molecule has 2 aromatic heterocycles. The normalized spacial score (nSPS) is 10.2. The van der Waals surface area contributed by atoms with E-state index in [0.29, 0.717) is 6.54 Å². The molecular weight excluding hydrogens is 168 g/mol. The third-order valence-electron chi connectivity index (χ3n) is 1.66. The minimum Gasteiger partial charge on any atom is -0.325 e. The Morgan fingerprint density at radius 1 is 1.46 bits per heavy atom. The zero-order chi connectivity index (χ0) is 9.10. The molecule has 0 aliphatic carbocycles. The maximum atomic E-state index is 5.51. The van der Waals surface area contributed by atoms with E-state index in [-0.39, 0.29) is 0 Å². The molecule has 2 rings (SSSR count). The van der Waals surface area contributed by atoms with Crippen LogP contribution in [0.3, 0.4) is 0 Å². The number of hydrogen-bond donors (Lipinski definition) is 1. The van der Waals surface area contributed by atoms with Crippen molar-refractivity contribution < 1.29 is 0 Å². The standard InChI is InChI=1S/C7H8N6/c8-4-6-7(2-1-3-9-6)13-5-10-11-12-13/h1-3,5H,4,8H2. The van der Waals surface area contributed by atoms with Crippen LogP contribution in [0, 0.1) is 0 Å². The smallest absolute Gasteiger partial charge is 0.143 e. The molecule has 0 bridgehead atoms. The fourth-order valence-electron chi connectivity index (χ4n) is 1.07. The first-order valence-electron chi connectivity index (χ1n) is 3.79. The number of hydrogen-bond acceptors (Lipinski definition) is 5. The molecule has 0 aliphatic heterocycles. The van der Waals surface area contributed by atoms with Crippen LogP contribution < -0.4 is 5.73 Å². The van der Waals surface area contributed by atoms with Crippen LogP contribution in [-0.4, -0.2) is 25.2 Å². The quantitative estimate of drug-likeness (QED) is 0.668. The van der Waals surface area contributed by atoms with Gasteiger partial charge in [0.15, 0.2) is 0 Å². The summed E-state index contributed by atoms with van der Waals surface area (Å²) in [6, 6.07) is 3.68. The summed E-state index contributed by atoms with van der Waals surface area (Å²) < 4.78 is 1.54. The summed E-state index contributed by atoms with van der Waals surface area (Å²) in [5.41, 5.74) is 7.10. The van der Waals surface area contributed by atoms with Crippen LogP contribution in [0.4, 0.5) is 0 Å². The number of tetrazole rings is 1. The van der Waals surface area contributed by atoms with Gasteiger partial charge in [-0.15, -0.1) is 5.10 Å². The van der Waals surface area contributed by atoms with Crippen molar-refractivity contribution in [3.63, 3.8) is 0 Å². The summed E-state index contributed by atoms with van der Waals surface area (Å²) in [7, 11) is 0. The number of pyridine rings is 1. The Balaban J connectivity index is 2.51. The van der Waals surface area contributed by atoms with Crippen LogP contribution in [0.15, 0.2) is 24.7 Å². The van der Waals surface area contributed by atoms with Crippen molar-refractivity contribution in [3.05, 3.63) is 30.4 Å². The fraction of sp³-hybridized carbons (Fsp3) is 0.143. The number of rotatable bonds is 2. The first-order chi connectivity index (χ1) is 6.42. The van der Waals surface area contributed by atoms with Gasteiger partial charge in [0, 0.05) is 12.7 Å². The lowest BCUT2D eigenvalue weighted by molar-refractivity contribution is 0.772. The van der Waals surface area contributed by atoms with Crippen LogP contribution in [0.2, 0.25) is 0 Å². The highest BCUT2D eigenvalue weighted by molar-refractivity contribution is 5.34. The van der Waals surface area contributed by atoms with Gasteiger partial charge >= 0.3 is 0 Å². The van der Waals surface area contributed by atoms with Gasteiger partial charge in [-0.3, -0.25) is 4.98 Å². The zero-order valence-electron chi connectivity index (χ0n) is 6.83. The summed E-state index contributed by atoms with van der Waals surface area (Å²) in [6.07, 6.45) is 3.20. The maximum absolute atomic E-state index is 5.51. The van der Waals surface area contributed by atoms with Crippen LogP contribution in [0.1, 0.15) is 5.69 Å². The molecule has 0 spiro atoms. The predicted molar refractivity (Wildman–Crippen MR) is 44.8 cm³/mol. The van der Waals surface area contributed by atoms with Crippen molar-refractivity contribution >= 4 is 0 Å². The van der Waals surface area contributed by atoms with Gasteiger partial charge in [-0.1, -0.05) is 0 Å². The van der Waals surface area contributed by atoms with Crippen molar-refractivity contribution in [1.82, 2.24) is 25.2 Å². The van der Waals surface area contributed by atoms with E-state index < -0.39 is 0 Å². The molecule has 0 atom stereocenters. The average Bonchev–Trinajstić information content (AvgIpc) is 2.70. The van der Waals surface area contributed by atoms with E-state index in [2.05, 4.69) is 20.5 Å². The Bertz CT molecular complexity index is 382. The van der Waals surface area contributed by atoms with Crippen LogP contribution >= 0.6 is 0 Å². The van der Waals surface area contributed by atoms with Crippen molar-refractivity contribution in [3.8, 4) is 5.69 Å². The summed E-state index contributed by atoms with van der Waals surface area (Å²) in [5, 5.41) is 10.8. The molecule has 0 aromatic carbocycles. The van der Waals surface area contributed by atoms with E-state index in [1.165, 1.54) is 11.0 Å². The Labute approximate surface area is 74.4 Å². The fourth-order valence-corrected chi connectivity index (χ4v) is 1.07. The maximum Gasteiger partial charge on any atom is 0.143 e. The van der Waals surface area contributed by atoms with Gasteiger partial charge in [0.05, 0.1) is 11.4 Å². The first-order valence-corrected chi connectivity index (χ1v) is 3.79. The molecule has 0 unspecified atom stereocenters. The summed E-state index contributed by atoms with van der Waals surface area (Å²) >= 11 is 0. The van der Waals surface area contributed by atoms with Crippen molar-refractivity contribution in [2.24, 2.45) is 5.73 Å². The summed E-state index contributed by atoms with van der Waals surface area (Å²) in [4.78, 5) is 4.11. The monoisotopic (exact) mass is 176 g/mol.